The largest absolute Gasteiger partial charge is 0.390 e. The van der Waals surface area contributed by atoms with E-state index in [9.17, 15) is 5.11 Å². The summed E-state index contributed by atoms with van der Waals surface area (Å²) in [7, 11) is 0. The molecule has 162 valence electrons. The van der Waals surface area contributed by atoms with Crippen molar-refractivity contribution in [2.24, 2.45) is 0 Å². The van der Waals surface area contributed by atoms with Crippen molar-refractivity contribution in [3.8, 4) is 0 Å². The van der Waals surface area contributed by atoms with E-state index < -0.39 is 30.3 Å². The lowest BCUT2D eigenvalue weighted by molar-refractivity contribution is -0.206. The molecule has 0 saturated carbocycles. The van der Waals surface area contributed by atoms with E-state index in [2.05, 4.69) is 28.2 Å². The van der Waals surface area contributed by atoms with Gasteiger partial charge in [-0.25, -0.2) is 9.97 Å². The van der Waals surface area contributed by atoms with Crippen molar-refractivity contribution >= 4 is 22.6 Å². The number of nitrogens with zero attached hydrogens (tertiary/aromatic N) is 3. The number of rotatable bonds is 4. The molecule has 1 aliphatic carbocycles. The molecule has 2 aliphatic heterocycles. The molecular formula is C23H24ClN3O4. The van der Waals surface area contributed by atoms with Crippen LogP contribution in [0.1, 0.15) is 36.8 Å². The molecule has 2 fully saturated rings. The number of aliphatic hydroxyl groups excluding tert-OH is 1. The van der Waals surface area contributed by atoms with Crippen molar-refractivity contribution in [1.29, 1.82) is 0 Å². The van der Waals surface area contributed by atoms with E-state index in [0.717, 1.165) is 23.8 Å². The van der Waals surface area contributed by atoms with E-state index in [1.54, 1.807) is 0 Å². The lowest BCUT2D eigenvalue weighted by atomic mass is 9.86. The average molecular weight is 442 g/mol. The summed E-state index contributed by atoms with van der Waals surface area (Å²) in [5, 5.41) is 12.3. The SMILES string of the molecule is CC1(C)O[C@H]2[C@@H](O1)[C@H](n1ccc3c(Cl)ncnc31)O[C@H]2[C@@H](O)Cc1ccc2c(c1)CC2. The lowest BCUT2D eigenvalue weighted by Gasteiger charge is -2.27. The Morgan fingerprint density at radius 2 is 1.97 bits per heavy atom. The molecule has 0 amide bonds. The van der Waals surface area contributed by atoms with Gasteiger partial charge in [0.15, 0.2) is 12.0 Å². The molecule has 1 N–H and O–H groups in total. The second-order valence-electron chi connectivity index (χ2n) is 9.06. The Labute approximate surface area is 184 Å². The van der Waals surface area contributed by atoms with Crippen LogP contribution in [0.3, 0.4) is 0 Å². The molecule has 8 heteroatoms. The van der Waals surface area contributed by atoms with Gasteiger partial charge in [-0.05, 0) is 49.4 Å². The number of halogens is 1. The molecular weight excluding hydrogens is 418 g/mol. The summed E-state index contributed by atoms with van der Waals surface area (Å²) >= 11 is 6.23. The summed E-state index contributed by atoms with van der Waals surface area (Å²) in [5.74, 6) is -0.763. The minimum absolute atomic E-state index is 0.379. The second-order valence-corrected chi connectivity index (χ2v) is 9.41. The van der Waals surface area contributed by atoms with Crippen LogP contribution < -0.4 is 0 Å². The molecule has 7 nitrogen and oxygen atoms in total. The van der Waals surface area contributed by atoms with Crippen LogP contribution in [-0.2, 0) is 33.5 Å². The Hall–Kier alpha value is -2.03. The van der Waals surface area contributed by atoms with Crippen molar-refractivity contribution in [1.82, 2.24) is 14.5 Å². The molecule has 3 aromatic rings. The van der Waals surface area contributed by atoms with Gasteiger partial charge in [0, 0.05) is 12.6 Å². The van der Waals surface area contributed by atoms with Crippen LogP contribution in [-0.4, -0.2) is 49.8 Å². The third-order valence-corrected chi connectivity index (χ3v) is 6.86. The monoisotopic (exact) mass is 441 g/mol. The highest BCUT2D eigenvalue weighted by Crippen LogP contribution is 2.45. The number of hydrogen-bond acceptors (Lipinski definition) is 6. The van der Waals surface area contributed by atoms with Gasteiger partial charge in [0.05, 0.1) is 11.5 Å². The molecule has 0 spiro atoms. The Kier molecular flexibility index (Phi) is 4.43. The summed E-state index contributed by atoms with van der Waals surface area (Å²) in [5.41, 5.74) is 4.56. The second kappa shape index (κ2) is 6.98. The van der Waals surface area contributed by atoms with Crippen LogP contribution in [0, 0.1) is 0 Å². The van der Waals surface area contributed by atoms with E-state index in [1.165, 1.54) is 17.5 Å². The van der Waals surface area contributed by atoms with Gasteiger partial charge in [-0.3, -0.25) is 0 Å². The molecule has 4 heterocycles. The molecule has 0 bridgehead atoms. The first-order valence-electron chi connectivity index (χ1n) is 10.7. The highest BCUT2D eigenvalue weighted by molar-refractivity contribution is 6.33. The number of aryl methyl sites for hydroxylation is 2. The molecule has 3 aliphatic rings. The van der Waals surface area contributed by atoms with Gasteiger partial charge in [-0.1, -0.05) is 29.8 Å². The fraction of sp³-hybridized carbons (Fsp3) is 0.478. The minimum Gasteiger partial charge on any atom is -0.390 e. The molecule has 2 aromatic heterocycles. The Balaban J connectivity index is 1.31. The van der Waals surface area contributed by atoms with Crippen LogP contribution in [0.5, 0.6) is 0 Å². The Morgan fingerprint density at radius 3 is 2.74 bits per heavy atom. The summed E-state index contributed by atoms with van der Waals surface area (Å²) in [4.78, 5) is 8.44. The van der Waals surface area contributed by atoms with Gasteiger partial charge in [-0.15, -0.1) is 0 Å². The number of fused-ring (bicyclic) bond motifs is 3. The van der Waals surface area contributed by atoms with Crippen molar-refractivity contribution < 1.29 is 19.3 Å². The Bertz CT molecular complexity index is 1160. The topological polar surface area (TPSA) is 78.6 Å². The quantitative estimate of drug-likeness (QED) is 0.626. The number of hydrogen-bond donors (Lipinski definition) is 1. The van der Waals surface area contributed by atoms with Gasteiger partial charge in [0.25, 0.3) is 0 Å². The maximum atomic E-state index is 11.2. The standard InChI is InChI=1S/C23H24ClN3O4/c1-23(2)30-18-17(16(28)10-12-3-4-13-5-6-14(13)9-12)29-22(19(18)31-23)27-8-7-15-20(24)25-11-26-21(15)27/h3-4,7-9,11,16-19,22,28H,5-6,10H2,1-2H3/t16-,17-,18+,19+,22+/m0/s1. The third kappa shape index (κ3) is 3.18. The summed E-state index contributed by atoms with van der Waals surface area (Å²) in [6, 6.07) is 8.32. The minimum atomic E-state index is -0.763. The van der Waals surface area contributed by atoms with Crippen LogP contribution in [0.25, 0.3) is 11.0 Å². The zero-order valence-electron chi connectivity index (χ0n) is 17.4. The smallest absolute Gasteiger partial charge is 0.164 e. The number of aromatic nitrogens is 3. The first-order valence-corrected chi connectivity index (χ1v) is 11.0. The summed E-state index contributed by atoms with van der Waals surface area (Å²) in [6.07, 6.45) is 3.53. The van der Waals surface area contributed by atoms with Crippen LogP contribution in [0.2, 0.25) is 5.15 Å². The highest BCUT2D eigenvalue weighted by atomic mass is 35.5. The summed E-state index contributed by atoms with van der Waals surface area (Å²) in [6.45, 7) is 3.77. The average Bonchev–Trinajstić information content (AvgIpc) is 3.35. The molecule has 2 saturated heterocycles. The lowest BCUT2D eigenvalue weighted by Crippen LogP contribution is -2.39. The van der Waals surface area contributed by atoms with Crippen LogP contribution in [0.4, 0.5) is 0 Å². The Morgan fingerprint density at radius 1 is 1.16 bits per heavy atom. The third-order valence-electron chi connectivity index (χ3n) is 6.56. The van der Waals surface area contributed by atoms with Crippen molar-refractivity contribution in [2.75, 3.05) is 0 Å². The zero-order valence-corrected chi connectivity index (χ0v) is 18.1. The van der Waals surface area contributed by atoms with E-state index >= 15 is 0 Å². The van der Waals surface area contributed by atoms with Crippen molar-refractivity contribution in [3.05, 3.63) is 58.6 Å². The number of ether oxygens (including phenoxy) is 3. The van der Waals surface area contributed by atoms with E-state index in [0.29, 0.717) is 17.2 Å². The van der Waals surface area contributed by atoms with Gasteiger partial charge in [0.2, 0.25) is 0 Å². The van der Waals surface area contributed by atoms with Crippen LogP contribution >= 0.6 is 11.6 Å². The number of aliphatic hydroxyl groups is 1. The molecule has 6 rings (SSSR count). The molecule has 1 aromatic carbocycles. The normalized spacial score (nSPS) is 29.5. The van der Waals surface area contributed by atoms with Gasteiger partial charge in [-0.2, -0.15) is 0 Å². The molecule has 0 radical (unpaired) electrons. The summed E-state index contributed by atoms with van der Waals surface area (Å²) < 4.78 is 20.7. The van der Waals surface area contributed by atoms with E-state index in [4.69, 9.17) is 25.8 Å². The van der Waals surface area contributed by atoms with Crippen LogP contribution in [0.15, 0.2) is 36.8 Å². The van der Waals surface area contributed by atoms with Crippen molar-refractivity contribution in [3.63, 3.8) is 0 Å². The molecule has 5 atom stereocenters. The number of benzene rings is 1. The maximum absolute atomic E-state index is 11.2. The molecule has 31 heavy (non-hydrogen) atoms. The highest BCUT2D eigenvalue weighted by Gasteiger charge is 2.57. The van der Waals surface area contributed by atoms with Gasteiger partial charge in [0.1, 0.15) is 35.4 Å². The van der Waals surface area contributed by atoms with E-state index in [-0.39, 0.29) is 6.10 Å². The van der Waals surface area contributed by atoms with Gasteiger partial charge < -0.3 is 23.9 Å². The van der Waals surface area contributed by atoms with Gasteiger partial charge >= 0.3 is 0 Å². The fourth-order valence-electron chi connectivity index (χ4n) is 5.02. The molecule has 0 unspecified atom stereocenters. The van der Waals surface area contributed by atoms with Crippen molar-refractivity contribution in [2.45, 2.75) is 69.5 Å². The zero-order chi connectivity index (χ0) is 21.3. The van der Waals surface area contributed by atoms with E-state index in [1.807, 2.05) is 30.7 Å². The predicted octanol–water partition coefficient (Wildman–Crippen LogP) is 3.20. The fourth-order valence-corrected chi connectivity index (χ4v) is 5.21. The first kappa shape index (κ1) is 19.6. The maximum Gasteiger partial charge on any atom is 0.164 e. The predicted molar refractivity (Wildman–Crippen MR) is 114 cm³/mol. The first-order chi connectivity index (χ1) is 14.9.